The summed E-state index contributed by atoms with van der Waals surface area (Å²) in [5.74, 6) is 0.0282. The average Bonchev–Trinajstić information content (AvgIpc) is 2.17. The standard InChI is InChI=1S/C11H14O3S/c1-8(6-11(13)14-2)15-10-5-3-4-9(12)7-10/h3-5,7-8,12H,6H2,1-2H3. The summed E-state index contributed by atoms with van der Waals surface area (Å²) in [5, 5.41) is 9.39. The number of thioether (sulfide) groups is 1. The van der Waals surface area contributed by atoms with Gasteiger partial charge in [0.1, 0.15) is 5.75 Å². The first-order valence-electron chi connectivity index (χ1n) is 4.64. The molecule has 0 radical (unpaired) electrons. The molecule has 0 aromatic heterocycles. The molecule has 1 N–H and O–H groups in total. The highest BCUT2D eigenvalue weighted by Gasteiger charge is 2.10. The summed E-state index contributed by atoms with van der Waals surface area (Å²) in [7, 11) is 1.38. The van der Waals surface area contributed by atoms with Gasteiger partial charge < -0.3 is 9.84 Å². The molecule has 82 valence electrons. The molecule has 0 spiro atoms. The van der Waals surface area contributed by atoms with Crippen molar-refractivity contribution < 1.29 is 14.6 Å². The van der Waals surface area contributed by atoms with Gasteiger partial charge in [-0.3, -0.25) is 4.79 Å². The van der Waals surface area contributed by atoms with E-state index in [9.17, 15) is 9.90 Å². The fourth-order valence-corrected chi connectivity index (χ4v) is 2.18. The van der Waals surface area contributed by atoms with E-state index in [0.29, 0.717) is 6.42 Å². The first-order chi connectivity index (χ1) is 7.11. The third-order valence-electron chi connectivity index (χ3n) is 1.84. The monoisotopic (exact) mass is 226 g/mol. The first kappa shape index (κ1) is 11.9. The van der Waals surface area contributed by atoms with E-state index in [1.165, 1.54) is 7.11 Å². The number of carbonyl (C=O) groups excluding carboxylic acids is 1. The minimum Gasteiger partial charge on any atom is -0.508 e. The number of carbonyl (C=O) groups is 1. The Morgan fingerprint density at radius 2 is 2.33 bits per heavy atom. The fourth-order valence-electron chi connectivity index (χ4n) is 1.15. The van der Waals surface area contributed by atoms with Gasteiger partial charge in [-0.25, -0.2) is 0 Å². The Morgan fingerprint density at radius 1 is 1.60 bits per heavy atom. The number of phenolic OH excluding ortho intramolecular Hbond substituents is 1. The molecule has 0 heterocycles. The minimum absolute atomic E-state index is 0.138. The van der Waals surface area contributed by atoms with E-state index < -0.39 is 0 Å². The SMILES string of the molecule is COC(=O)CC(C)Sc1cccc(O)c1. The van der Waals surface area contributed by atoms with Crippen LogP contribution in [0.5, 0.6) is 5.75 Å². The molecule has 0 saturated heterocycles. The van der Waals surface area contributed by atoms with Gasteiger partial charge in [-0.1, -0.05) is 13.0 Å². The number of aromatic hydroxyl groups is 1. The Labute approximate surface area is 93.4 Å². The van der Waals surface area contributed by atoms with Crippen LogP contribution in [0.25, 0.3) is 0 Å². The zero-order valence-electron chi connectivity index (χ0n) is 8.77. The molecule has 1 aromatic carbocycles. The maximum absolute atomic E-state index is 11.0. The molecule has 1 aromatic rings. The van der Waals surface area contributed by atoms with Crippen LogP contribution >= 0.6 is 11.8 Å². The van der Waals surface area contributed by atoms with Crippen molar-refractivity contribution in [1.82, 2.24) is 0 Å². The quantitative estimate of drug-likeness (QED) is 0.632. The van der Waals surface area contributed by atoms with Crippen LogP contribution in [0, 0.1) is 0 Å². The van der Waals surface area contributed by atoms with Gasteiger partial charge >= 0.3 is 5.97 Å². The van der Waals surface area contributed by atoms with Gasteiger partial charge in [-0.05, 0) is 18.2 Å². The van der Waals surface area contributed by atoms with Gasteiger partial charge in [0.25, 0.3) is 0 Å². The summed E-state index contributed by atoms with van der Waals surface area (Å²) in [6.45, 7) is 1.95. The van der Waals surface area contributed by atoms with Crippen molar-refractivity contribution in [1.29, 1.82) is 0 Å². The predicted molar refractivity (Wildman–Crippen MR) is 60.1 cm³/mol. The van der Waals surface area contributed by atoms with Gasteiger partial charge in [0, 0.05) is 10.1 Å². The van der Waals surface area contributed by atoms with E-state index >= 15 is 0 Å². The highest BCUT2D eigenvalue weighted by Crippen LogP contribution is 2.27. The summed E-state index contributed by atoms with van der Waals surface area (Å²) >= 11 is 1.54. The number of esters is 1. The number of benzene rings is 1. The van der Waals surface area contributed by atoms with E-state index in [-0.39, 0.29) is 17.0 Å². The van der Waals surface area contributed by atoms with Crippen molar-refractivity contribution >= 4 is 17.7 Å². The van der Waals surface area contributed by atoms with Crippen molar-refractivity contribution in [3.05, 3.63) is 24.3 Å². The Kier molecular flexibility index (Phi) is 4.49. The van der Waals surface area contributed by atoms with Crippen LogP contribution in [0.2, 0.25) is 0 Å². The molecule has 0 fully saturated rings. The van der Waals surface area contributed by atoms with E-state index in [2.05, 4.69) is 4.74 Å². The first-order valence-corrected chi connectivity index (χ1v) is 5.52. The number of phenols is 1. The van der Waals surface area contributed by atoms with Gasteiger partial charge in [0.15, 0.2) is 0 Å². The van der Waals surface area contributed by atoms with E-state index in [4.69, 9.17) is 0 Å². The normalized spacial score (nSPS) is 12.1. The largest absolute Gasteiger partial charge is 0.508 e. The Hall–Kier alpha value is -1.16. The number of hydrogen-bond donors (Lipinski definition) is 1. The Balaban J connectivity index is 2.51. The highest BCUT2D eigenvalue weighted by molar-refractivity contribution is 8.00. The van der Waals surface area contributed by atoms with Crippen LogP contribution in [0.15, 0.2) is 29.2 Å². The Bertz CT molecular complexity index is 338. The van der Waals surface area contributed by atoms with Crippen LogP contribution in [0.1, 0.15) is 13.3 Å². The minimum atomic E-state index is -0.213. The molecule has 0 aliphatic rings. The third kappa shape index (κ3) is 4.25. The Morgan fingerprint density at radius 3 is 2.93 bits per heavy atom. The molecule has 1 rings (SSSR count). The van der Waals surface area contributed by atoms with Gasteiger partial charge in [-0.15, -0.1) is 11.8 Å². The molecule has 0 aliphatic heterocycles. The molecule has 0 amide bonds. The van der Waals surface area contributed by atoms with Gasteiger partial charge in [0.2, 0.25) is 0 Å². The summed E-state index contributed by atoms with van der Waals surface area (Å²) < 4.78 is 4.58. The summed E-state index contributed by atoms with van der Waals surface area (Å²) in [4.78, 5) is 11.9. The lowest BCUT2D eigenvalue weighted by Crippen LogP contribution is -2.08. The van der Waals surface area contributed by atoms with Crippen LogP contribution in [0.3, 0.4) is 0 Å². The second-order valence-corrected chi connectivity index (χ2v) is 4.72. The van der Waals surface area contributed by atoms with Crippen LogP contribution in [0.4, 0.5) is 0 Å². The van der Waals surface area contributed by atoms with Crippen LogP contribution < -0.4 is 0 Å². The lowest BCUT2D eigenvalue weighted by atomic mass is 10.3. The third-order valence-corrected chi connectivity index (χ3v) is 2.93. The summed E-state index contributed by atoms with van der Waals surface area (Å²) in [6, 6.07) is 6.98. The van der Waals surface area contributed by atoms with E-state index in [1.54, 1.807) is 30.0 Å². The van der Waals surface area contributed by atoms with Gasteiger partial charge in [0.05, 0.1) is 13.5 Å². The van der Waals surface area contributed by atoms with Crippen LogP contribution in [-0.2, 0) is 9.53 Å². The molecule has 0 aliphatic carbocycles. The van der Waals surface area contributed by atoms with Crippen molar-refractivity contribution in [3.63, 3.8) is 0 Å². The molecule has 1 unspecified atom stereocenters. The summed E-state index contributed by atoms with van der Waals surface area (Å²) in [6.07, 6.45) is 0.372. The van der Waals surface area contributed by atoms with E-state index in [0.717, 1.165) is 4.90 Å². The van der Waals surface area contributed by atoms with Crippen molar-refractivity contribution in [2.24, 2.45) is 0 Å². The molecule has 1 atom stereocenters. The van der Waals surface area contributed by atoms with Crippen molar-refractivity contribution in [2.45, 2.75) is 23.5 Å². The maximum Gasteiger partial charge on any atom is 0.306 e. The predicted octanol–water partition coefficient (Wildman–Crippen LogP) is 2.44. The molecule has 15 heavy (non-hydrogen) atoms. The topological polar surface area (TPSA) is 46.5 Å². The maximum atomic E-state index is 11.0. The average molecular weight is 226 g/mol. The number of hydrogen-bond acceptors (Lipinski definition) is 4. The second kappa shape index (κ2) is 5.66. The van der Waals surface area contributed by atoms with E-state index in [1.807, 2.05) is 13.0 Å². The number of rotatable bonds is 4. The molecule has 3 nitrogen and oxygen atoms in total. The lowest BCUT2D eigenvalue weighted by Gasteiger charge is -2.09. The number of methoxy groups -OCH3 is 1. The highest BCUT2D eigenvalue weighted by atomic mass is 32.2. The molecular formula is C11H14O3S. The van der Waals surface area contributed by atoms with Crippen LogP contribution in [-0.4, -0.2) is 23.4 Å². The van der Waals surface area contributed by atoms with Crippen molar-refractivity contribution in [2.75, 3.05) is 7.11 Å². The lowest BCUT2D eigenvalue weighted by molar-refractivity contribution is -0.140. The zero-order chi connectivity index (χ0) is 11.3. The zero-order valence-corrected chi connectivity index (χ0v) is 9.58. The molecule has 4 heteroatoms. The smallest absolute Gasteiger partial charge is 0.306 e. The molecule has 0 saturated carbocycles. The molecule has 0 bridgehead atoms. The second-order valence-electron chi connectivity index (χ2n) is 3.21. The summed E-state index contributed by atoms with van der Waals surface area (Å²) in [5.41, 5.74) is 0. The molecular weight excluding hydrogens is 212 g/mol. The fraction of sp³-hybridized carbons (Fsp3) is 0.364. The number of ether oxygens (including phenoxy) is 1. The van der Waals surface area contributed by atoms with Crippen molar-refractivity contribution in [3.8, 4) is 5.75 Å². The van der Waals surface area contributed by atoms with Gasteiger partial charge in [-0.2, -0.15) is 0 Å².